The smallest absolute Gasteiger partial charge is 0.321 e. The molecule has 0 fully saturated rings. The van der Waals surface area contributed by atoms with E-state index < -0.39 is 23.8 Å². The predicted molar refractivity (Wildman–Crippen MR) is 94.7 cm³/mol. The number of nitrogens with zero attached hydrogens (tertiary/aromatic N) is 2. The minimum Gasteiger partial charge on any atom is -0.508 e. The molecular formula is C19H17N3O4. The number of rotatable bonds is 3. The minimum atomic E-state index is -1.08. The summed E-state index contributed by atoms with van der Waals surface area (Å²) in [5.74, 6) is -1.74. The zero-order chi connectivity index (χ0) is 18.3. The van der Waals surface area contributed by atoms with Crippen LogP contribution in [0.15, 0.2) is 48.5 Å². The average Bonchev–Trinajstić information content (AvgIpc) is 2.98. The van der Waals surface area contributed by atoms with Crippen LogP contribution < -0.4 is 5.32 Å². The molecule has 0 unspecified atom stereocenters. The second kappa shape index (κ2) is 6.18. The first-order valence-corrected chi connectivity index (χ1v) is 8.33. The number of nitrogens with one attached hydrogen (secondary N) is 1. The predicted octanol–water partition coefficient (Wildman–Crippen LogP) is 2.46. The minimum absolute atomic E-state index is 0.0575. The monoisotopic (exact) mass is 351 g/mol. The highest BCUT2D eigenvalue weighted by Gasteiger charge is 2.44. The Kier molecular flexibility index (Phi) is 3.84. The fourth-order valence-electron chi connectivity index (χ4n) is 3.41. The van der Waals surface area contributed by atoms with Crippen LogP contribution in [0.1, 0.15) is 18.5 Å². The zero-order valence-electron chi connectivity index (χ0n) is 14.0. The highest BCUT2D eigenvalue weighted by molar-refractivity contribution is 6.07. The van der Waals surface area contributed by atoms with Gasteiger partial charge in [0.1, 0.15) is 5.75 Å². The molecule has 0 bridgehead atoms. The Bertz CT molecular complexity index is 1010. The van der Waals surface area contributed by atoms with Gasteiger partial charge in [-0.25, -0.2) is 4.98 Å². The number of aromatic hydroxyl groups is 1. The molecule has 0 aliphatic carbocycles. The number of hydrogen-bond acceptors (Lipinski definition) is 5. The van der Waals surface area contributed by atoms with Crippen LogP contribution in [0.2, 0.25) is 0 Å². The Morgan fingerprint density at radius 2 is 2.08 bits per heavy atom. The molecule has 2 heterocycles. The molecule has 4 rings (SSSR count). The van der Waals surface area contributed by atoms with Crippen LogP contribution in [-0.2, 0) is 14.3 Å². The first kappa shape index (κ1) is 16.1. The molecule has 7 nitrogen and oxygen atoms in total. The Hall–Kier alpha value is -3.35. The van der Waals surface area contributed by atoms with Gasteiger partial charge in [0.25, 0.3) is 0 Å². The summed E-state index contributed by atoms with van der Waals surface area (Å²) in [5, 5.41) is 12.6. The van der Waals surface area contributed by atoms with Gasteiger partial charge in [-0.1, -0.05) is 24.3 Å². The van der Waals surface area contributed by atoms with E-state index in [9.17, 15) is 14.7 Å². The number of para-hydroxylation sites is 2. The Morgan fingerprint density at radius 3 is 2.85 bits per heavy atom. The number of phenolic OH excluding ortho intramolecular Hbond substituents is 1. The second-order valence-electron chi connectivity index (χ2n) is 6.05. The van der Waals surface area contributed by atoms with Crippen LogP contribution in [0.25, 0.3) is 11.0 Å². The molecule has 132 valence electrons. The molecule has 0 radical (unpaired) electrons. The molecular weight excluding hydrogens is 334 g/mol. The maximum Gasteiger partial charge on any atom is 0.321 e. The third kappa shape index (κ3) is 2.48. The standard InChI is InChI=1S/C19H17N3O4/c1-2-26-18(25)15-16(11-6-5-7-12(23)10-11)22-14-9-4-3-8-13(14)20-19(22)21-17(15)24/h3-10,15-16,23H,2H2,1H3,(H,20,21,24)/t15-,16-/m1/s1. The van der Waals surface area contributed by atoms with E-state index in [0.717, 1.165) is 5.52 Å². The first-order chi connectivity index (χ1) is 12.6. The zero-order valence-corrected chi connectivity index (χ0v) is 14.0. The van der Waals surface area contributed by atoms with Crippen molar-refractivity contribution >= 4 is 28.9 Å². The molecule has 26 heavy (non-hydrogen) atoms. The van der Waals surface area contributed by atoms with Gasteiger partial charge in [-0.2, -0.15) is 0 Å². The van der Waals surface area contributed by atoms with Crippen molar-refractivity contribution in [3.05, 3.63) is 54.1 Å². The van der Waals surface area contributed by atoms with E-state index in [0.29, 0.717) is 17.0 Å². The fraction of sp³-hybridized carbons (Fsp3) is 0.211. The molecule has 1 amide bonds. The van der Waals surface area contributed by atoms with E-state index >= 15 is 0 Å². The van der Waals surface area contributed by atoms with Gasteiger partial charge in [0, 0.05) is 0 Å². The van der Waals surface area contributed by atoms with Gasteiger partial charge in [0.15, 0.2) is 5.92 Å². The quantitative estimate of drug-likeness (QED) is 0.558. The molecule has 0 saturated carbocycles. The summed E-state index contributed by atoms with van der Waals surface area (Å²) in [6.07, 6.45) is 0. The van der Waals surface area contributed by atoms with E-state index in [-0.39, 0.29) is 12.4 Å². The van der Waals surface area contributed by atoms with E-state index in [1.165, 1.54) is 0 Å². The molecule has 2 N–H and O–H groups in total. The lowest BCUT2D eigenvalue weighted by atomic mass is 9.90. The topological polar surface area (TPSA) is 93.5 Å². The summed E-state index contributed by atoms with van der Waals surface area (Å²) in [7, 11) is 0. The van der Waals surface area contributed by atoms with Crippen molar-refractivity contribution in [2.75, 3.05) is 11.9 Å². The maximum absolute atomic E-state index is 12.7. The van der Waals surface area contributed by atoms with E-state index in [4.69, 9.17) is 4.74 Å². The highest BCUT2D eigenvalue weighted by atomic mass is 16.5. The number of fused-ring (bicyclic) bond motifs is 3. The Labute approximate surface area is 149 Å². The first-order valence-electron chi connectivity index (χ1n) is 8.33. The lowest BCUT2D eigenvalue weighted by Gasteiger charge is -2.32. The number of phenols is 1. The van der Waals surface area contributed by atoms with Gasteiger partial charge in [-0.3, -0.25) is 14.9 Å². The molecule has 1 aliphatic rings. The van der Waals surface area contributed by atoms with E-state index in [1.807, 2.05) is 28.8 Å². The van der Waals surface area contributed by atoms with Gasteiger partial charge >= 0.3 is 5.97 Å². The second-order valence-corrected chi connectivity index (χ2v) is 6.05. The summed E-state index contributed by atoms with van der Waals surface area (Å²) in [4.78, 5) is 29.7. The number of imidazole rings is 1. The van der Waals surface area contributed by atoms with Crippen molar-refractivity contribution in [3.8, 4) is 5.75 Å². The van der Waals surface area contributed by atoms with Crippen molar-refractivity contribution in [1.29, 1.82) is 0 Å². The number of benzene rings is 2. The molecule has 7 heteroatoms. The SMILES string of the molecule is CCOC(=O)[C@H]1C(=O)Nc2nc3ccccc3n2[C@@H]1c1cccc(O)c1. The highest BCUT2D eigenvalue weighted by Crippen LogP contribution is 2.39. The van der Waals surface area contributed by atoms with Crippen molar-refractivity contribution < 1.29 is 19.4 Å². The number of hydrogen-bond donors (Lipinski definition) is 2. The fourth-order valence-corrected chi connectivity index (χ4v) is 3.41. The largest absolute Gasteiger partial charge is 0.508 e. The number of carbonyl (C=O) groups is 2. The molecule has 2 aromatic carbocycles. The summed E-state index contributed by atoms with van der Waals surface area (Å²) >= 11 is 0. The maximum atomic E-state index is 12.7. The third-order valence-corrected chi connectivity index (χ3v) is 4.46. The summed E-state index contributed by atoms with van der Waals surface area (Å²) < 4.78 is 6.95. The lowest BCUT2D eigenvalue weighted by Crippen LogP contribution is -2.43. The third-order valence-electron chi connectivity index (χ3n) is 4.46. The van der Waals surface area contributed by atoms with Crippen LogP contribution in [-0.4, -0.2) is 33.1 Å². The van der Waals surface area contributed by atoms with Gasteiger partial charge < -0.3 is 14.4 Å². The van der Waals surface area contributed by atoms with Crippen LogP contribution >= 0.6 is 0 Å². The summed E-state index contributed by atoms with van der Waals surface area (Å²) in [6.45, 7) is 1.87. The van der Waals surface area contributed by atoms with E-state index in [1.54, 1.807) is 31.2 Å². The number of aromatic nitrogens is 2. The van der Waals surface area contributed by atoms with Crippen LogP contribution in [0.4, 0.5) is 5.95 Å². The van der Waals surface area contributed by atoms with Crippen LogP contribution in [0, 0.1) is 5.92 Å². The number of esters is 1. The van der Waals surface area contributed by atoms with Crippen molar-refractivity contribution in [1.82, 2.24) is 9.55 Å². The molecule has 3 aromatic rings. The normalized spacial score (nSPS) is 19.0. The number of anilines is 1. The van der Waals surface area contributed by atoms with Crippen LogP contribution in [0.3, 0.4) is 0 Å². The number of amides is 1. The van der Waals surface area contributed by atoms with Crippen LogP contribution in [0.5, 0.6) is 5.75 Å². The molecule has 2 atom stereocenters. The van der Waals surface area contributed by atoms with Crippen molar-refractivity contribution in [2.24, 2.45) is 5.92 Å². The van der Waals surface area contributed by atoms with Gasteiger partial charge in [0.2, 0.25) is 11.9 Å². The van der Waals surface area contributed by atoms with E-state index in [2.05, 4.69) is 10.3 Å². The van der Waals surface area contributed by atoms with Crippen molar-refractivity contribution in [2.45, 2.75) is 13.0 Å². The van der Waals surface area contributed by atoms with Crippen molar-refractivity contribution in [3.63, 3.8) is 0 Å². The van der Waals surface area contributed by atoms with Gasteiger partial charge in [-0.15, -0.1) is 0 Å². The molecule has 1 aliphatic heterocycles. The molecule has 1 aromatic heterocycles. The Balaban J connectivity index is 1.97. The molecule has 0 saturated heterocycles. The lowest BCUT2D eigenvalue weighted by molar-refractivity contribution is -0.152. The number of ether oxygens (including phenoxy) is 1. The number of carbonyl (C=O) groups excluding carboxylic acids is 2. The Morgan fingerprint density at radius 1 is 1.27 bits per heavy atom. The average molecular weight is 351 g/mol. The summed E-state index contributed by atoms with van der Waals surface area (Å²) in [6, 6.07) is 13.3. The van der Waals surface area contributed by atoms with Gasteiger partial charge in [-0.05, 0) is 36.8 Å². The summed E-state index contributed by atoms with van der Waals surface area (Å²) in [5.41, 5.74) is 2.12. The molecule has 0 spiro atoms. The van der Waals surface area contributed by atoms with Gasteiger partial charge in [0.05, 0.1) is 23.7 Å².